The molecule has 24 heavy (non-hydrogen) atoms. The van der Waals surface area contributed by atoms with Crippen LogP contribution in [-0.2, 0) is 9.59 Å². The van der Waals surface area contributed by atoms with Crippen molar-refractivity contribution in [3.63, 3.8) is 0 Å². The fraction of sp³-hybridized carbons (Fsp3) is 0.0625. The van der Waals surface area contributed by atoms with Crippen molar-refractivity contribution in [1.82, 2.24) is 4.90 Å². The summed E-state index contributed by atoms with van der Waals surface area (Å²) in [4.78, 5) is 38.5. The van der Waals surface area contributed by atoms with Gasteiger partial charge in [0.2, 0.25) is 5.91 Å². The molecule has 0 radical (unpaired) electrons. The number of anilines is 1. The van der Waals surface area contributed by atoms with E-state index in [4.69, 9.17) is 11.6 Å². The van der Waals surface area contributed by atoms with Crippen molar-refractivity contribution in [2.75, 3.05) is 11.9 Å². The molecule has 0 spiro atoms. The number of amides is 3. The van der Waals surface area contributed by atoms with Crippen molar-refractivity contribution in [2.45, 2.75) is 0 Å². The topological polar surface area (TPSA) is 66.5 Å². The van der Waals surface area contributed by atoms with Crippen LogP contribution in [0.3, 0.4) is 0 Å². The monoisotopic (exact) mass is 378 g/mol. The molecule has 1 aliphatic rings. The summed E-state index contributed by atoms with van der Waals surface area (Å²) in [6, 6.07) is 10.3. The minimum Gasteiger partial charge on any atom is -0.325 e. The van der Waals surface area contributed by atoms with Crippen molar-refractivity contribution in [2.24, 2.45) is 0 Å². The number of thioether (sulfide) groups is 1. The molecule has 3 rings (SSSR count). The number of imide groups is 1. The maximum atomic E-state index is 12.3. The molecular weight excluding hydrogens is 368 g/mol. The van der Waals surface area contributed by atoms with Crippen LogP contribution in [0.25, 0.3) is 6.08 Å². The molecule has 0 aliphatic carbocycles. The average molecular weight is 379 g/mol. The molecule has 1 aromatic carbocycles. The third kappa shape index (κ3) is 3.87. The zero-order valence-electron chi connectivity index (χ0n) is 12.2. The zero-order valence-corrected chi connectivity index (χ0v) is 14.6. The van der Waals surface area contributed by atoms with Gasteiger partial charge < -0.3 is 5.32 Å². The van der Waals surface area contributed by atoms with E-state index in [2.05, 4.69) is 5.32 Å². The lowest BCUT2D eigenvalue weighted by Gasteiger charge is -2.12. The normalized spacial score (nSPS) is 16.0. The van der Waals surface area contributed by atoms with Gasteiger partial charge in [-0.25, -0.2) is 0 Å². The minimum atomic E-state index is -0.454. The molecule has 5 nitrogen and oxygen atoms in total. The molecule has 1 fully saturated rings. The predicted molar refractivity (Wildman–Crippen MR) is 97.1 cm³/mol. The van der Waals surface area contributed by atoms with E-state index in [1.165, 1.54) is 11.3 Å². The van der Waals surface area contributed by atoms with Gasteiger partial charge in [0, 0.05) is 15.6 Å². The summed E-state index contributed by atoms with van der Waals surface area (Å²) < 4.78 is 0. The Morgan fingerprint density at radius 2 is 1.96 bits per heavy atom. The average Bonchev–Trinajstić information content (AvgIpc) is 3.14. The molecule has 0 atom stereocenters. The van der Waals surface area contributed by atoms with Crippen LogP contribution in [0.15, 0.2) is 46.7 Å². The van der Waals surface area contributed by atoms with Crippen LogP contribution < -0.4 is 5.32 Å². The molecule has 1 aromatic heterocycles. The molecule has 0 saturated carbocycles. The van der Waals surface area contributed by atoms with Crippen LogP contribution in [0.2, 0.25) is 5.02 Å². The van der Waals surface area contributed by atoms with Gasteiger partial charge in [0.25, 0.3) is 11.1 Å². The van der Waals surface area contributed by atoms with Crippen LogP contribution in [0, 0.1) is 0 Å². The van der Waals surface area contributed by atoms with Crippen LogP contribution >= 0.6 is 34.7 Å². The summed E-state index contributed by atoms with van der Waals surface area (Å²) in [5.41, 5.74) is 0.547. The lowest BCUT2D eigenvalue weighted by Crippen LogP contribution is -2.36. The summed E-state index contributed by atoms with van der Waals surface area (Å²) in [5.74, 6) is -0.901. The van der Waals surface area contributed by atoms with Crippen LogP contribution in [-0.4, -0.2) is 28.5 Å². The highest BCUT2D eigenvalue weighted by Crippen LogP contribution is 2.32. The van der Waals surface area contributed by atoms with Crippen LogP contribution in [0.5, 0.6) is 0 Å². The molecule has 1 N–H and O–H groups in total. The van der Waals surface area contributed by atoms with Gasteiger partial charge in [0.15, 0.2) is 0 Å². The molecular formula is C16H11ClN2O3S2. The third-order valence-electron chi connectivity index (χ3n) is 3.12. The lowest BCUT2D eigenvalue weighted by molar-refractivity contribution is -0.127. The van der Waals surface area contributed by atoms with Gasteiger partial charge in [0.05, 0.1) is 4.91 Å². The van der Waals surface area contributed by atoms with Crippen molar-refractivity contribution < 1.29 is 14.4 Å². The molecule has 2 aromatic rings. The fourth-order valence-electron chi connectivity index (χ4n) is 2.02. The van der Waals surface area contributed by atoms with Crippen molar-refractivity contribution in [3.05, 3.63) is 56.6 Å². The number of nitrogens with one attached hydrogen (secondary N) is 1. The van der Waals surface area contributed by atoms with E-state index < -0.39 is 17.1 Å². The Morgan fingerprint density at radius 1 is 1.21 bits per heavy atom. The van der Waals surface area contributed by atoms with Gasteiger partial charge in [-0.2, -0.15) is 0 Å². The minimum absolute atomic E-state index is 0.321. The Kier molecular flexibility index (Phi) is 5.03. The number of carbonyl (C=O) groups excluding carboxylic acids is 3. The smallest absolute Gasteiger partial charge is 0.294 e. The Hall–Kier alpha value is -2.09. The van der Waals surface area contributed by atoms with Gasteiger partial charge in [-0.1, -0.05) is 17.7 Å². The maximum absolute atomic E-state index is 12.3. The number of thiophene rings is 1. The van der Waals surface area contributed by atoms with E-state index in [1.807, 2.05) is 17.5 Å². The zero-order chi connectivity index (χ0) is 17.1. The van der Waals surface area contributed by atoms with E-state index in [9.17, 15) is 14.4 Å². The summed E-state index contributed by atoms with van der Waals surface area (Å²) in [7, 11) is 0. The number of carbonyl (C=O) groups is 3. The highest BCUT2D eigenvalue weighted by atomic mass is 35.5. The second-order valence-corrected chi connectivity index (χ2v) is 7.25. The predicted octanol–water partition coefficient (Wildman–Crippen LogP) is 4.08. The molecule has 0 unspecified atom stereocenters. The SMILES string of the molecule is O=C(CN1C(=O)SC(=Cc2cccs2)C1=O)Nc1ccc(Cl)cc1. The Bertz CT molecular complexity index is 816. The summed E-state index contributed by atoms with van der Waals surface area (Å²) in [6.45, 7) is -0.324. The number of hydrogen-bond donors (Lipinski definition) is 1. The summed E-state index contributed by atoms with van der Waals surface area (Å²) >= 11 is 8.09. The lowest BCUT2D eigenvalue weighted by atomic mass is 10.3. The number of halogens is 1. The second-order valence-electron chi connectivity index (χ2n) is 4.84. The number of nitrogens with zero attached hydrogens (tertiary/aromatic N) is 1. The first-order chi connectivity index (χ1) is 11.5. The van der Waals surface area contributed by atoms with Gasteiger partial charge in [-0.15, -0.1) is 11.3 Å². The first kappa shape index (κ1) is 16.8. The number of benzene rings is 1. The molecule has 3 amide bonds. The van der Waals surface area contributed by atoms with E-state index in [0.717, 1.165) is 21.5 Å². The quantitative estimate of drug-likeness (QED) is 0.814. The summed E-state index contributed by atoms with van der Waals surface area (Å²) in [5, 5.41) is 4.62. The Labute approximate surface area is 151 Å². The van der Waals surface area contributed by atoms with Crippen molar-refractivity contribution in [3.8, 4) is 0 Å². The number of hydrogen-bond acceptors (Lipinski definition) is 5. The van der Waals surface area contributed by atoms with E-state index in [0.29, 0.717) is 15.6 Å². The van der Waals surface area contributed by atoms with Gasteiger partial charge in [-0.3, -0.25) is 19.3 Å². The van der Waals surface area contributed by atoms with E-state index in [1.54, 1.807) is 30.3 Å². The number of rotatable bonds is 4. The Morgan fingerprint density at radius 3 is 2.62 bits per heavy atom. The highest BCUT2D eigenvalue weighted by molar-refractivity contribution is 8.18. The summed E-state index contributed by atoms with van der Waals surface area (Å²) in [6.07, 6.45) is 1.66. The van der Waals surface area contributed by atoms with Crippen LogP contribution in [0.1, 0.15) is 4.88 Å². The standard InChI is InChI=1S/C16H11ClN2O3S2/c17-10-3-5-11(6-4-10)18-14(20)9-19-15(21)13(24-16(19)22)8-12-2-1-7-23-12/h1-8H,9H2,(H,18,20). The highest BCUT2D eigenvalue weighted by Gasteiger charge is 2.36. The van der Waals surface area contributed by atoms with E-state index in [-0.39, 0.29) is 6.54 Å². The second kappa shape index (κ2) is 7.21. The van der Waals surface area contributed by atoms with Gasteiger partial charge in [0.1, 0.15) is 6.54 Å². The molecule has 0 bridgehead atoms. The molecule has 2 heterocycles. The van der Waals surface area contributed by atoms with Crippen LogP contribution in [0.4, 0.5) is 10.5 Å². The molecule has 8 heteroatoms. The van der Waals surface area contributed by atoms with E-state index >= 15 is 0 Å². The molecule has 122 valence electrons. The Balaban J connectivity index is 1.66. The first-order valence-electron chi connectivity index (χ1n) is 6.87. The van der Waals surface area contributed by atoms with Gasteiger partial charge in [-0.05, 0) is 53.5 Å². The maximum Gasteiger partial charge on any atom is 0.294 e. The molecule has 1 aliphatic heterocycles. The molecule has 1 saturated heterocycles. The van der Waals surface area contributed by atoms with Gasteiger partial charge >= 0.3 is 0 Å². The van der Waals surface area contributed by atoms with Crippen molar-refractivity contribution >= 4 is 63.5 Å². The largest absolute Gasteiger partial charge is 0.325 e. The first-order valence-corrected chi connectivity index (χ1v) is 8.94. The fourth-order valence-corrected chi connectivity index (χ4v) is 3.70. The van der Waals surface area contributed by atoms with Crippen molar-refractivity contribution in [1.29, 1.82) is 0 Å². The third-order valence-corrected chi connectivity index (χ3v) is 5.10.